The summed E-state index contributed by atoms with van der Waals surface area (Å²) in [5.41, 5.74) is 0.705. The van der Waals surface area contributed by atoms with Crippen LogP contribution in [-0.2, 0) is 0 Å². The van der Waals surface area contributed by atoms with Crippen molar-refractivity contribution in [1.82, 2.24) is 9.80 Å². The number of amides is 1. The summed E-state index contributed by atoms with van der Waals surface area (Å²) in [7, 11) is 0. The number of likely N-dealkylation sites (tertiary alicyclic amines) is 2. The highest BCUT2D eigenvalue weighted by molar-refractivity contribution is 9.10. The zero-order valence-electron chi connectivity index (χ0n) is 11.3. The predicted molar refractivity (Wildman–Crippen MR) is 84.3 cm³/mol. The van der Waals surface area contributed by atoms with E-state index in [-0.39, 0.29) is 5.91 Å². The maximum absolute atomic E-state index is 12.6. The van der Waals surface area contributed by atoms with Gasteiger partial charge in [-0.3, -0.25) is 9.69 Å². The first-order valence-corrected chi connectivity index (χ1v) is 8.30. The zero-order chi connectivity index (χ0) is 14.1. The molecule has 1 unspecified atom stereocenters. The summed E-state index contributed by atoms with van der Waals surface area (Å²) in [5.74, 6) is 0.107. The molecule has 108 valence electrons. The molecule has 0 spiro atoms. The molecule has 0 N–H and O–H groups in total. The molecule has 0 saturated carbocycles. The first kappa shape index (κ1) is 14.4. The number of benzene rings is 1. The van der Waals surface area contributed by atoms with Crippen molar-refractivity contribution < 1.29 is 4.79 Å². The summed E-state index contributed by atoms with van der Waals surface area (Å²) in [6.45, 7) is 4.09. The van der Waals surface area contributed by atoms with Crippen LogP contribution in [0.25, 0.3) is 0 Å². The van der Waals surface area contributed by atoms with E-state index in [1.54, 1.807) is 18.2 Å². The van der Waals surface area contributed by atoms with E-state index in [9.17, 15) is 4.79 Å². The minimum atomic E-state index is 0.107. The van der Waals surface area contributed by atoms with E-state index in [4.69, 9.17) is 11.6 Å². The summed E-state index contributed by atoms with van der Waals surface area (Å²) in [4.78, 5) is 17.1. The Morgan fingerprint density at radius 1 is 1.25 bits per heavy atom. The van der Waals surface area contributed by atoms with Gasteiger partial charge in [0.25, 0.3) is 5.91 Å². The van der Waals surface area contributed by atoms with Crippen LogP contribution in [0.15, 0.2) is 22.7 Å². The highest BCUT2D eigenvalue weighted by atomic mass is 79.9. The smallest absolute Gasteiger partial charge is 0.255 e. The van der Waals surface area contributed by atoms with E-state index in [1.807, 2.05) is 4.90 Å². The highest BCUT2D eigenvalue weighted by Crippen LogP contribution is 2.26. The maximum Gasteiger partial charge on any atom is 0.255 e. The third-order valence-electron chi connectivity index (χ3n) is 4.27. The third kappa shape index (κ3) is 2.87. The first-order valence-electron chi connectivity index (χ1n) is 7.13. The molecule has 1 atom stereocenters. The van der Waals surface area contributed by atoms with E-state index in [1.165, 1.54) is 25.9 Å². The van der Waals surface area contributed by atoms with Crippen molar-refractivity contribution in [1.29, 1.82) is 0 Å². The summed E-state index contributed by atoms with van der Waals surface area (Å²) in [6, 6.07) is 5.90. The number of rotatable bonds is 2. The summed E-state index contributed by atoms with van der Waals surface area (Å²) < 4.78 is 0.777. The number of carbonyl (C=O) groups is 1. The first-order chi connectivity index (χ1) is 9.65. The minimum absolute atomic E-state index is 0.107. The van der Waals surface area contributed by atoms with Crippen LogP contribution in [0.2, 0.25) is 5.02 Å². The molecule has 1 aromatic rings. The van der Waals surface area contributed by atoms with Crippen LogP contribution in [0.1, 0.15) is 29.6 Å². The average molecular weight is 358 g/mol. The Labute approximate surface area is 133 Å². The van der Waals surface area contributed by atoms with Crippen LogP contribution in [0.4, 0.5) is 0 Å². The number of halogens is 2. The maximum atomic E-state index is 12.6. The van der Waals surface area contributed by atoms with Crippen molar-refractivity contribution in [3.63, 3.8) is 0 Å². The van der Waals surface area contributed by atoms with Gasteiger partial charge < -0.3 is 4.90 Å². The standard InChI is InChI=1S/C15H18BrClN2O/c16-14-9-11(17)3-4-13(14)15(20)19-8-5-12(10-19)18-6-1-2-7-18/h3-4,9,12H,1-2,5-8,10H2. The van der Waals surface area contributed by atoms with Crippen molar-refractivity contribution in [3.8, 4) is 0 Å². The SMILES string of the molecule is O=C(c1ccc(Cl)cc1Br)N1CCC(N2CCCC2)C1. The van der Waals surface area contributed by atoms with Gasteiger partial charge in [0.1, 0.15) is 0 Å². The van der Waals surface area contributed by atoms with Gasteiger partial charge in [0.2, 0.25) is 0 Å². The Hall–Kier alpha value is -0.580. The lowest BCUT2D eigenvalue weighted by Gasteiger charge is -2.23. The van der Waals surface area contributed by atoms with Crippen molar-refractivity contribution >= 4 is 33.4 Å². The molecule has 1 aromatic carbocycles. The van der Waals surface area contributed by atoms with E-state index in [0.29, 0.717) is 16.6 Å². The lowest BCUT2D eigenvalue weighted by molar-refractivity contribution is 0.0779. The van der Waals surface area contributed by atoms with Crippen LogP contribution in [0, 0.1) is 0 Å². The van der Waals surface area contributed by atoms with Crippen LogP contribution in [0.3, 0.4) is 0 Å². The second kappa shape index (κ2) is 6.04. The van der Waals surface area contributed by atoms with Crippen LogP contribution in [0.5, 0.6) is 0 Å². The quantitative estimate of drug-likeness (QED) is 0.810. The fourth-order valence-electron chi connectivity index (χ4n) is 3.16. The molecule has 2 aliphatic heterocycles. The summed E-state index contributed by atoms with van der Waals surface area (Å²) >= 11 is 9.36. The Morgan fingerprint density at radius 2 is 2.00 bits per heavy atom. The van der Waals surface area contributed by atoms with Gasteiger partial charge in [-0.25, -0.2) is 0 Å². The van der Waals surface area contributed by atoms with Gasteiger partial charge in [-0.2, -0.15) is 0 Å². The third-order valence-corrected chi connectivity index (χ3v) is 5.16. The molecule has 3 nitrogen and oxygen atoms in total. The highest BCUT2D eigenvalue weighted by Gasteiger charge is 2.32. The molecule has 1 amide bonds. The van der Waals surface area contributed by atoms with Gasteiger partial charge in [0.05, 0.1) is 5.56 Å². The molecule has 2 aliphatic rings. The molecule has 20 heavy (non-hydrogen) atoms. The van der Waals surface area contributed by atoms with Gasteiger partial charge in [0, 0.05) is 28.6 Å². The molecular weight excluding hydrogens is 340 g/mol. The molecule has 0 radical (unpaired) electrons. The van der Waals surface area contributed by atoms with Gasteiger partial charge in [0.15, 0.2) is 0 Å². The van der Waals surface area contributed by atoms with Gasteiger partial charge in [-0.15, -0.1) is 0 Å². The van der Waals surface area contributed by atoms with E-state index in [2.05, 4.69) is 20.8 Å². The largest absolute Gasteiger partial charge is 0.337 e. The summed E-state index contributed by atoms with van der Waals surface area (Å²) in [5, 5.41) is 0.643. The van der Waals surface area contributed by atoms with Crippen LogP contribution < -0.4 is 0 Å². The fourth-order valence-corrected chi connectivity index (χ4v) is 4.02. The van der Waals surface area contributed by atoms with E-state index in [0.717, 1.165) is 24.0 Å². The van der Waals surface area contributed by atoms with Crippen LogP contribution >= 0.6 is 27.5 Å². The lowest BCUT2D eigenvalue weighted by atomic mass is 10.2. The minimum Gasteiger partial charge on any atom is -0.337 e. The molecule has 2 saturated heterocycles. The van der Waals surface area contributed by atoms with Crippen molar-refractivity contribution in [2.75, 3.05) is 26.2 Å². The second-order valence-corrected chi connectivity index (χ2v) is 6.85. The topological polar surface area (TPSA) is 23.6 Å². The molecule has 2 heterocycles. The van der Waals surface area contributed by atoms with Crippen molar-refractivity contribution in [2.24, 2.45) is 0 Å². The Morgan fingerprint density at radius 3 is 2.70 bits per heavy atom. The number of hydrogen-bond acceptors (Lipinski definition) is 2. The monoisotopic (exact) mass is 356 g/mol. The Kier molecular flexibility index (Phi) is 4.34. The van der Waals surface area contributed by atoms with E-state index < -0.39 is 0 Å². The van der Waals surface area contributed by atoms with Crippen LogP contribution in [-0.4, -0.2) is 47.9 Å². The molecule has 0 aromatic heterocycles. The van der Waals surface area contributed by atoms with Gasteiger partial charge >= 0.3 is 0 Å². The Bertz CT molecular complexity index is 517. The second-order valence-electron chi connectivity index (χ2n) is 5.56. The normalized spacial score (nSPS) is 23.5. The molecule has 2 fully saturated rings. The number of nitrogens with zero attached hydrogens (tertiary/aromatic N) is 2. The summed E-state index contributed by atoms with van der Waals surface area (Å²) in [6.07, 6.45) is 3.69. The molecule has 5 heteroatoms. The molecule has 3 rings (SSSR count). The zero-order valence-corrected chi connectivity index (χ0v) is 13.7. The number of hydrogen-bond donors (Lipinski definition) is 0. The van der Waals surface area contributed by atoms with Crippen molar-refractivity contribution in [3.05, 3.63) is 33.3 Å². The lowest BCUT2D eigenvalue weighted by Crippen LogP contribution is -2.37. The van der Waals surface area contributed by atoms with E-state index >= 15 is 0 Å². The molecule has 0 aliphatic carbocycles. The van der Waals surface area contributed by atoms with Gasteiger partial charge in [-0.05, 0) is 66.5 Å². The average Bonchev–Trinajstić information content (AvgIpc) is 3.09. The molecular formula is C15H18BrClN2O. The Balaban J connectivity index is 1.69. The fraction of sp³-hybridized carbons (Fsp3) is 0.533. The van der Waals surface area contributed by atoms with Gasteiger partial charge in [-0.1, -0.05) is 11.6 Å². The predicted octanol–water partition coefficient (Wildman–Crippen LogP) is 3.41. The number of carbonyl (C=O) groups excluding carboxylic acids is 1. The molecule has 0 bridgehead atoms. The van der Waals surface area contributed by atoms with Crippen molar-refractivity contribution in [2.45, 2.75) is 25.3 Å².